The van der Waals surface area contributed by atoms with Gasteiger partial charge in [-0.2, -0.15) is 0 Å². The van der Waals surface area contributed by atoms with E-state index in [-0.39, 0.29) is 0 Å². The highest BCUT2D eigenvalue weighted by Crippen LogP contribution is 2.47. The Morgan fingerprint density at radius 3 is 2.37 bits per heavy atom. The summed E-state index contributed by atoms with van der Waals surface area (Å²) in [5.74, 6) is 0. The number of hydrogen-bond donors (Lipinski definition) is 0. The number of likely N-dealkylation sites (tertiary alicyclic amines) is 1. The van der Waals surface area contributed by atoms with Crippen molar-refractivity contribution in [1.82, 2.24) is 4.90 Å². The number of nitrogens with zero attached hydrogens (tertiary/aromatic N) is 1. The molecule has 1 fully saturated rings. The second-order valence-corrected chi connectivity index (χ2v) is 13.4. The molecule has 19 heavy (non-hydrogen) atoms. The Bertz CT molecular complexity index is 405. The summed E-state index contributed by atoms with van der Waals surface area (Å²) in [6.45, 7) is 16.2. The lowest BCUT2D eigenvalue weighted by molar-refractivity contribution is 0.330. The van der Waals surface area contributed by atoms with E-state index in [0.717, 1.165) is 12.1 Å². The third-order valence-corrected chi connectivity index (χ3v) is 11.9. The van der Waals surface area contributed by atoms with Gasteiger partial charge >= 0.3 is 0 Å². The third kappa shape index (κ3) is 3.29. The molecule has 0 aromatic heterocycles. The van der Waals surface area contributed by atoms with Crippen LogP contribution in [0.3, 0.4) is 0 Å². The highest BCUT2D eigenvalue weighted by atomic mass is 28.3. The first kappa shape index (κ1) is 14.8. The van der Waals surface area contributed by atoms with Gasteiger partial charge < -0.3 is 0 Å². The van der Waals surface area contributed by atoms with Crippen LogP contribution >= 0.6 is 0 Å². The largest absolute Gasteiger partial charge is 0.299 e. The molecule has 0 spiro atoms. The fourth-order valence-electron chi connectivity index (χ4n) is 3.02. The molecular formula is C17H29NSi. The Hall–Kier alpha value is -0.603. The molecule has 1 heterocycles. The van der Waals surface area contributed by atoms with E-state index in [2.05, 4.69) is 69.1 Å². The third-order valence-electron chi connectivity index (χ3n) is 5.48. The summed E-state index contributed by atoms with van der Waals surface area (Å²) in [6, 6.07) is 10.9. The maximum absolute atomic E-state index is 2.65. The molecule has 106 valence electrons. The van der Waals surface area contributed by atoms with Crippen LogP contribution in [0.25, 0.3) is 0 Å². The SMILES string of the molecule is CC(C)(C)[Si](C)(C)C1CCN(Cc2ccccc2)C1. The molecule has 1 aliphatic heterocycles. The van der Waals surface area contributed by atoms with Crippen molar-refractivity contribution in [1.29, 1.82) is 0 Å². The zero-order valence-corrected chi connectivity index (χ0v) is 14.2. The Kier molecular flexibility index (Phi) is 4.22. The molecular weight excluding hydrogens is 246 g/mol. The Labute approximate surface area is 120 Å². The van der Waals surface area contributed by atoms with Crippen molar-refractivity contribution in [2.45, 2.75) is 57.4 Å². The van der Waals surface area contributed by atoms with Gasteiger partial charge in [0.1, 0.15) is 0 Å². The minimum atomic E-state index is -1.17. The van der Waals surface area contributed by atoms with Crippen molar-refractivity contribution in [3.05, 3.63) is 35.9 Å². The van der Waals surface area contributed by atoms with Gasteiger partial charge in [-0.1, -0.05) is 64.2 Å². The van der Waals surface area contributed by atoms with Gasteiger partial charge in [-0.05, 0) is 35.7 Å². The van der Waals surface area contributed by atoms with E-state index < -0.39 is 8.07 Å². The summed E-state index contributed by atoms with van der Waals surface area (Å²) in [5.41, 5.74) is 2.41. The molecule has 0 amide bonds. The van der Waals surface area contributed by atoms with Gasteiger partial charge in [0.2, 0.25) is 0 Å². The fraction of sp³-hybridized carbons (Fsp3) is 0.647. The first-order valence-corrected chi connectivity index (χ1v) is 10.6. The second kappa shape index (κ2) is 5.41. The lowest BCUT2D eigenvalue weighted by atomic mass is 10.2. The van der Waals surface area contributed by atoms with Crippen LogP contribution < -0.4 is 0 Å². The minimum Gasteiger partial charge on any atom is -0.299 e. The topological polar surface area (TPSA) is 3.24 Å². The Morgan fingerprint density at radius 1 is 1.16 bits per heavy atom. The molecule has 0 N–H and O–H groups in total. The van der Waals surface area contributed by atoms with Crippen LogP contribution in [0.4, 0.5) is 0 Å². The van der Waals surface area contributed by atoms with Gasteiger partial charge in [-0.15, -0.1) is 0 Å². The predicted octanol–water partition coefficient (Wildman–Crippen LogP) is 4.77. The normalized spacial score (nSPS) is 21.8. The molecule has 1 aliphatic rings. The summed E-state index contributed by atoms with van der Waals surface area (Å²) in [6.07, 6.45) is 1.41. The van der Waals surface area contributed by atoms with E-state index in [1.54, 1.807) is 0 Å². The predicted molar refractivity (Wildman–Crippen MR) is 87.3 cm³/mol. The van der Waals surface area contributed by atoms with Crippen LogP contribution in [-0.4, -0.2) is 26.1 Å². The highest BCUT2D eigenvalue weighted by Gasteiger charge is 2.44. The van der Waals surface area contributed by atoms with Gasteiger partial charge in [0.15, 0.2) is 0 Å². The summed E-state index contributed by atoms with van der Waals surface area (Å²) < 4.78 is 0. The molecule has 1 aromatic carbocycles. The van der Waals surface area contributed by atoms with Crippen LogP contribution in [0.1, 0.15) is 32.8 Å². The standard InChI is InChI=1S/C17H29NSi/c1-17(2,3)19(4,5)16-11-12-18(14-16)13-15-9-7-6-8-10-15/h6-10,16H,11-14H2,1-5H3. The molecule has 1 aromatic rings. The summed E-state index contributed by atoms with van der Waals surface area (Å²) in [5, 5.41) is 0.514. The minimum absolute atomic E-state index is 0.514. The van der Waals surface area contributed by atoms with E-state index in [1.807, 2.05) is 0 Å². The van der Waals surface area contributed by atoms with Crippen molar-refractivity contribution in [3.63, 3.8) is 0 Å². The molecule has 2 rings (SSSR count). The van der Waals surface area contributed by atoms with E-state index in [0.29, 0.717) is 5.04 Å². The van der Waals surface area contributed by atoms with E-state index in [4.69, 9.17) is 0 Å². The maximum Gasteiger partial charge on any atom is 0.0572 e. The highest BCUT2D eigenvalue weighted by molar-refractivity contribution is 6.81. The number of hydrogen-bond acceptors (Lipinski definition) is 1. The Balaban J connectivity index is 1.97. The summed E-state index contributed by atoms with van der Waals surface area (Å²) >= 11 is 0. The number of benzene rings is 1. The van der Waals surface area contributed by atoms with E-state index in [9.17, 15) is 0 Å². The van der Waals surface area contributed by atoms with Crippen molar-refractivity contribution >= 4 is 8.07 Å². The summed E-state index contributed by atoms with van der Waals surface area (Å²) in [7, 11) is -1.17. The van der Waals surface area contributed by atoms with E-state index in [1.165, 1.54) is 25.1 Å². The van der Waals surface area contributed by atoms with Crippen LogP contribution in [0, 0.1) is 0 Å². The molecule has 0 bridgehead atoms. The quantitative estimate of drug-likeness (QED) is 0.718. The molecule has 1 saturated heterocycles. The van der Waals surface area contributed by atoms with Crippen LogP contribution in [0.15, 0.2) is 30.3 Å². The second-order valence-electron chi connectivity index (χ2n) is 7.68. The van der Waals surface area contributed by atoms with Crippen molar-refractivity contribution in [2.75, 3.05) is 13.1 Å². The van der Waals surface area contributed by atoms with E-state index >= 15 is 0 Å². The van der Waals surface area contributed by atoms with Crippen LogP contribution in [0.2, 0.25) is 23.7 Å². The van der Waals surface area contributed by atoms with Crippen LogP contribution in [-0.2, 0) is 6.54 Å². The lowest BCUT2D eigenvalue weighted by Gasteiger charge is -2.42. The number of rotatable bonds is 3. The molecule has 2 heteroatoms. The molecule has 0 aliphatic carbocycles. The molecule has 0 saturated carbocycles. The monoisotopic (exact) mass is 275 g/mol. The smallest absolute Gasteiger partial charge is 0.0572 e. The van der Waals surface area contributed by atoms with Gasteiger partial charge in [-0.3, -0.25) is 4.90 Å². The van der Waals surface area contributed by atoms with Gasteiger partial charge in [0.05, 0.1) is 8.07 Å². The molecule has 0 radical (unpaired) electrons. The average Bonchev–Trinajstić information content (AvgIpc) is 2.78. The average molecular weight is 276 g/mol. The van der Waals surface area contributed by atoms with Gasteiger partial charge in [0, 0.05) is 6.54 Å². The van der Waals surface area contributed by atoms with Crippen LogP contribution in [0.5, 0.6) is 0 Å². The van der Waals surface area contributed by atoms with Gasteiger partial charge in [-0.25, -0.2) is 0 Å². The molecule has 1 nitrogen and oxygen atoms in total. The zero-order chi connectivity index (χ0) is 14.1. The zero-order valence-electron chi connectivity index (χ0n) is 13.2. The lowest BCUT2D eigenvalue weighted by Crippen LogP contribution is -2.43. The first-order valence-electron chi connectivity index (χ1n) is 7.57. The molecule has 1 atom stereocenters. The molecule has 1 unspecified atom stereocenters. The van der Waals surface area contributed by atoms with Gasteiger partial charge in [0.25, 0.3) is 0 Å². The van der Waals surface area contributed by atoms with Crippen molar-refractivity contribution < 1.29 is 0 Å². The van der Waals surface area contributed by atoms with Crippen molar-refractivity contribution in [2.24, 2.45) is 0 Å². The Morgan fingerprint density at radius 2 is 1.79 bits per heavy atom. The maximum atomic E-state index is 2.65. The first-order chi connectivity index (χ1) is 8.80. The summed E-state index contributed by atoms with van der Waals surface area (Å²) in [4.78, 5) is 2.65. The fourth-order valence-corrected chi connectivity index (χ4v) is 5.81. The van der Waals surface area contributed by atoms with Crippen molar-refractivity contribution in [3.8, 4) is 0 Å².